The molecule has 1 atom stereocenters. The van der Waals surface area contributed by atoms with Crippen molar-refractivity contribution in [2.45, 2.75) is 37.6 Å². The highest BCUT2D eigenvalue weighted by Crippen LogP contribution is 2.27. The van der Waals surface area contributed by atoms with Crippen LogP contribution in [-0.2, 0) is 10.0 Å². The van der Waals surface area contributed by atoms with E-state index in [0.29, 0.717) is 12.0 Å². The van der Waals surface area contributed by atoms with E-state index < -0.39 is 16.1 Å². The Balaban J connectivity index is 1.75. The van der Waals surface area contributed by atoms with E-state index in [2.05, 4.69) is 20.2 Å². The van der Waals surface area contributed by atoms with Crippen LogP contribution in [0.3, 0.4) is 0 Å². The van der Waals surface area contributed by atoms with E-state index in [4.69, 9.17) is 4.74 Å². The van der Waals surface area contributed by atoms with Gasteiger partial charge in [0.15, 0.2) is 0 Å². The maximum Gasteiger partial charge on any atom is 0.270 e. The van der Waals surface area contributed by atoms with Crippen molar-refractivity contribution in [1.29, 1.82) is 0 Å². The lowest BCUT2D eigenvalue weighted by atomic mass is 10.0. The highest BCUT2D eigenvalue weighted by atomic mass is 32.2. The van der Waals surface area contributed by atoms with E-state index in [1.807, 2.05) is 45.0 Å². The summed E-state index contributed by atoms with van der Waals surface area (Å²) in [5.41, 5.74) is 3.13. The molecule has 0 saturated heterocycles. The van der Waals surface area contributed by atoms with Crippen LogP contribution in [0.2, 0.25) is 0 Å². The van der Waals surface area contributed by atoms with Crippen LogP contribution in [0, 0.1) is 13.8 Å². The first kappa shape index (κ1) is 22.9. The van der Waals surface area contributed by atoms with Gasteiger partial charge in [-0.1, -0.05) is 48.1 Å². The third-order valence-corrected chi connectivity index (χ3v) is 7.34. The molecule has 1 aromatic heterocycles. The van der Waals surface area contributed by atoms with Crippen molar-refractivity contribution in [1.82, 2.24) is 14.9 Å². The Morgan fingerprint density at radius 2 is 1.94 bits per heavy atom. The minimum Gasteiger partial charge on any atom is -0.496 e. The molecule has 0 bridgehead atoms. The maximum absolute atomic E-state index is 12.9. The van der Waals surface area contributed by atoms with E-state index >= 15 is 0 Å². The molecule has 0 saturated carbocycles. The Kier molecular flexibility index (Phi) is 7.04. The second-order valence-electron chi connectivity index (χ2n) is 7.01. The Bertz CT molecular complexity index is 1190. The minimum atomic E-state index is -3.92. The molecular weight excluding hydrogens is 436 g/mol. The zero-order chi connectivity index (χ0) is 22.6. The number of amides is 1. The van der Waals surface area contributed by atoms with Gasteiger partial charge in [0.25, 0.3) is 15.9 Å². The van der Waals surface area contributed by atoms with Gasteiger partial charge in [-0.25, -0.2) is 13.1 Å². The first-order chi connectivity index (χ1) is 14.7. The van der Waals surface area contributed by atoms with Crippen LogP contribution in [0.4, 0.5) is 5.13 Å². The van der Waals surface area contributed by atoms with Crippen molar-refractivity contribution in [2.24, 2.45) is 0 Å². The quantitative estimate of drug-likeness (QED) is 0.494. The van der Waals surface area contributed by atoms with Crippen molar-refractivity contribution in [3.8, 4) is 5.75 Å². The van der Waals surface area contributed by atoms with E-state index in [-0.39, 0.29) is 15.4 Å². The smallest absolute Gasteiger partial charge is 0.270 e. The number of rotatable bonds is 8. The number of ether oxygens (including phenoxy) is 1. The molecule has 2 aromatic carbocycles. The molecule has 2 N–H and O–H groups in total. The van der Waals surface area contributed by atoms with E-state index in [9.17, 15) is 13.2 Å². The van der Waals surface area contributed by atoms with Gasteiger partial charge in [-0.05, 0) is 49.6 Å². The highest BCUT2D eigenvalue weighted by molar-refractivity contribution is 7.91. The Labute approximate surface area is 185 Å². The van der Waals surface area contributed by atoms with Gasteiger partial charge < -0.3 is 4.74 Å². The zero-order valence-electron chi connectivity index (χ0n) is 17.7. The largest absolute Gasteiger partial charge is 0.496 e. The molecule has 3 rings (SSSR count). The monoisotopic (exact) mass is 460 g/mol. The van der Waals surface area contributed by atoms with Crippen molar-refractivity contribution in [2.75, 3.05) is 12.4 Å². The summed E-state index contributed by atoms with van der Waals surface area (Å²) in [6, 6.07) is 12.2. The number of anilines is 1. The number of nitrogens with one attached hydrogen (secondary N) is 2. The van der Waals surface area contributed by atoms with Gasteiger partial charge in [-0.3, -0.25) is 10.1 Å². The lowest BCUT2D eigenvalue weighted by Gasteiger charge is -2.17. The first-order valence-corrected chi connectivity index (χ1v) is 11.9. The fourth-order valence-electron chi connectivity index (χ4n) is 3.07. The summed E-state index contributed by atoms with van der Waals surface area (Å²) >= 11 is 0.799. The van der Waals surface area contributed by atoms with E-state index in [1.54, 1.807) is 25.3 Å². The molecule has 8 nitrogen and oxygen atoms in total. The second-order valence-corrected chi connectivity index (χ2v) is 9.87. The lowest BCUT2D eigenvalue weighted by Crippen LogP contribution is -2.28. The molecular formula is C21H24N4O4S2. The molecule has 1 heterocycles. The van der Waals surface area contributed by atoms with Gasteiger partial charge >= 0.3 is 0 Å². The summed E-state index contributed by atoms with van der Waals surface area (Å²) in [6.45, 7) is 5.67. The summed E-state index contributed by atoms with van der Waals surface area (Å²) in [6.07, 6.45) is 0.542. The Morgan fingerprint density at radius 1 is 1.16 bits per heavy atom. The lowest BCUT2D eigenvalue weighted by molar-refractivity contribution is 0.102. The fourth-order valence-corrected chi connectivity index (χ4v) is 5.29. The van der Waals surface area contributed by atoms with Crippen LogP contribution in [0.25, 0.3) is 0 Å². The summed E-state index contributed by atoms with van der Waals surface area (Å²) in [7, 11) is -2.33. The molecule has 0 spiro atoms. The number of nitrogens with zero attached hydrogens (tertiary/aromatic N) is 2. The van der Waals surface area contributed by atoms with Gasteiger partial charge in [0.1, 0.15) is 5.75 Å². The highest BCUT2D eigenvalue weighted by Gasteiger charge is 2.25. The molecule has 31 heavy (non-hydrogen) atoms. The molecule has 3 aromatic rings. The molecule has 164 valence electrons. The zero-order valence-corrected chi connectivity index (χ0v) is 19.3. The summed E-state index contributed by atoms with van der Waals surface area (Å²) in [5.74, 6) is 0.358. The Morgan fingerprint density at radius 3 is 2.58 bits per heavy atom. The van der Waals surface area contributed by atoms with Crippen molar-refractivity contribution in [3.63, 3.8) is 0 Å². The molecule has 0 unspecified atom stereocenters. The molecule has 0 aliphatic carbocycles. The van der Waals surface area contributed by atoms with E-state index in [0.717, 1.165) is 33.8 Å². The van der Waals surface area contributed by atoms with Crippen molar-refractivity contribution >= 4 is 32.4 Å². The van der Waals surface area contributed by atoms with E-state index in [1.165, 1.54) is 0 Å². The third-order valence-electron chi connectivity index (χ3n) is 4.66. The molecule has 0 radical (unpaired) electrons. The number of benzene rings is 2. The van der Waals surface area contributed by atoms with Crippen LogP contribution in [0.5, 0.6) is 5.75 Å². The van der Waals surface area contributed by atoms with Gasteiger partial charge in [-0.2, -0.15) is 0 Å². The first-order valence-electron chi connectivity index (χ1n) is 9.62. The molecule has 0 fully saturated rings. The average molecular weight is 461 g/mol. The molecule has 0 aliphatic rings. The van der Waals surface area contributed by atoms with Crippen LogP contribution in [0.15, 0.2) is 46.8 Å². The number of hydrogen-bond donors (Lipinski definition) is 2. The fraction of sp³-hybridized carbons (Fsp3) is 0.286. The van der Waals surface area contributed by atoms with Gasteiger partial charge in [0.2, 0.25) is 9.47 Å². The number of aromatic nitrogens is 2. The average Bonchev–Trinajstić information content (AvgIpc) is 3.21. The number of carbonyl (C=O) groups excluding carboxylic acids is 1. The SMILES string of the molecule is CC[C@@H](NS(=O)(=O)c1nnc(NC(=O)c2cccc(C)c2)s1)c1ccc(OC)c(C)c1. The van der Waals surface area contributed by atoms with Gasteiger partial charge in [0, 0.05) is 11.6 Å². The van der Waals surface area contributed by atoms with Crippen molar-refractivity contribution < 1.29 is 17.9 Å². The maximum atomic E-state index is 12.9. The van der Waals surface area contributed by atoms with Crippen LogP contribution < -0.4 is 14.8 Å². The predicted octanol–water partition coefficient (Wildman–Crippen LogP) is 3.85. The summed E-state index contributed by atoms with van der Waals surface area (Å²) in [5, 5.41) is 10.3. The number of carbonyl (C=O) groups is 1. The normalized spacial score (nSPS) is 12.4. The van der Waals surface area contributed by atoms with Gasteiger partial charge in [0.05, 0.1) is 7.11 Å². The van der Waals surface area contributed by atoms with Crippen molar-refractivity contribution in [3.05, 3.63) is 64.7 Å². The summed E-state index contributed by atoms with van der Waals surface area (Å²) in [4.78, 5) is 12.4. The summed E-state index contributed by atoms with van der Waals surface area (Å²) < 4.78 is 33.4. The predicted molar refractivity (Wildman–Crippen MR) is 120 cm³/mol. The molecule has 1 amide bonds. The number of aryl methyl sites for hydroxylation is 2. The molecule has 10 heteroatoms. The minimum absolute atomic E-state index is 0.111. The molecule has 0 aliphatic heterocycles. The number of sulfonamides is 1. The van der Waals surface area contributed by atoms with Gasteiger partial charge in [-0.15, -0.1) is 10.2 Å². The topological polar surface area (TPSA) is 110 Å². The van der Waals surface area contributed by atoms with Crippen LogP contribution >= 0.6 is 11.3 Å². The number of hydrogen-bond acceptors (Lipinski definition) is 7. The second kappa shape index (κ2) is 9.54. The Hall–Kier alpha value is -2.82. The third kappa shape index (κ3) is 5.46. The van der Waals surface area contributed by atoms with Crippen LogP contribution in [-0.4, -0.2) is 31.6 Å². The standard InChI is InChI=1S/C21H24N4O4S2/c1-5-17(15-9-10-18(29-4)14(3)12-15)25-31(27,28)21-24-23-20(30-21)22-19(26)16-8-6-7-13(2)11-16/h6-12,17,25H,5H2,1-4H3,(H,22,23,26)/t17-/m1/s1. The number of methoxy groups -OCH3 is 1. The van der Waals surface area contributed by atoms with Crippen LogP contribution in [0.1, 0.15) is 46.4 Å².